The lowest BCUT2D eigenvalue weighted by molar-refractivity contribution is 0.0996. The van der Waals surface area contributed by atoms with E-state index in [9.17, 15) is 4.79 Å². The van der Waals surface area contributed by atoms with Gasteiger partial charge in [0.05, 0.1) is 6.26 Å². The lowest BCUT2D eigenvalue weighted by Gasteiger charge is -2.29. The zero-order valence-electron chi connectivity index (χ0n) is 14.8. The molecule has 136 valence electrons. The van der Waals surface area contributed by atoms with Crippen molar-refractivity contribution >= 4 is 22.9 Å². The maximum absolute atomic E-state index is 12.4. The normalized spacial score (nSPS) is 17.7. The molecule has 6 heteroatoms. The number of nitrogens with zero attached hydrogens (tertiary/aromatic N) is 1. The van der Waals surface area contributed by atoms with Crippen molar-refractivity contribution in [1.29, 1.82) is 0 Å². The zero-order valence-corrected chi connectivity index (χ0v) is 14.8. The van der Waals surface area contributed by atoms with E-state index in [1.54, 1.807) is 6.26 Å². The number of benzene rings is 1. The minimum absolute atomic E-state index is 0.222. The van der Waals surface area contributed by atoms with E-state index in [-0.39, 0.29) is 5.91 Å². The van der Waals surface area contributed by atoms with Crippen LogP contribution in [0.15, 0.2) is 47.1 Å². The van der Waals surface area contributed by atoms with Crippen molar-refractivity contribution in [2.24, 2.45) is 0 Å². The summed E-state index contributed by atoms with van der Waals surface area (Å²) in [5.74, 6) is 0.117. The number of carbonyl (C=O) groups excluding carboxylic acids is 1. The fourth-order valence-corrected chi connectivity index (χ4v) is 3.38. The van der Waals surface area contributed by atoms with Crippen molar-refractivity contribution < 1.29 is 9.21 Å². The van der Waals surface area contributed by atoms with E-state index in [0.717, 1.165) is 56.9 Å². The average Bonchev–Trinajstić information content (AvgIpc) is 3.20. The first-order valence-corrected chi connectivity index (χ1v) is 9.15. The molecule has 6 nitrogen and oxygen atoms in total. The maximum atomic E-state index is 12.4. The summed E-state index contributed by atoms with van der Waals surface area (Å²) in [4.78, 5) is 14.8. The van der Waals surface area contributed by atoms with Gasteiger partial charge in [0.15, 0.2) is 5.76 Å². The molecule has 2 aliphatic heterocycles. The van der Waals surface area contributed by atoms with Crippen molar-refractivity contribution in [3.05, 3.63) is 54.0 Å². The highest BCUT2D eigenvalue weighted by molar-refractivity contribution is 6.02. The molecular formula is C20H24N4O2. The van der Waals surface area contributed by atoms with Gasteiger partial charge in [0.1, 0.15) is 0 Å². The quantitative estimate of drug-likeness (QED) is 0.788. The second kappa shape index (κ2) is 7.76. The van der Waals surface area contributed by atoms with Crippen LogP contribution < -0.4 is 20.9 Å². The molecule has 0 spiro atoms. The second-order valence-corrected chi connectivity index (χ2v) is 6.62. The number of amides is 1. The molecule has 0 bridgehead atoms. The summed E-state index contributed by atoms with van der Waals surface area (Å²) < 4.78 is 5.48. The van der Waals surface area contributed by atoms with Crippen LogP contribution in [0.3, 0.4) is 0 Å². The largest absolute Gasteiger partial charge is 0.459 e. The van der Waals surface area contributed by atoms with Crippen LogP contribution in [0.2, 0.25) is 0 Å². The van der Waals surface area contributed by atoms with E-state index in [1.165, 1.54) is 11.3 Å². The molecule has 1 amide bonds. The molecule has 26 heavy (non-hydrogen) atoms. The van der Waals surface area contributed by atoms with Crippen LogP contribution in [0.4, 0.5) is 11.4 Å². The van der Waals surface area contributed by atoms with Gasteiger partial charge in [0, 0.05) is 49.7 Å². The van der Waals surface area contributed by atoms with E-state index in [0.29, 0.717) is 5.76 Å². The molecule has 0 atom stereocenters. The molecule has 0 radical (unpaired) electrons. The van der Waals surface area contributed by atoms with Gasteiger partial charge < -0.3 is 25.3 Å². The van der Waals surface area contributed by atoms with Crippen LogP contribution in [0, 0.1) is 0 Å². The Morgan fingerprint density at radius 2 is 1.88 bits per heavy atom. The highest BCUT2D eigenvalue weighted by Gasteiger charge is 2.15. The van der Waals surface area contributed by atoms with Crippen LogP contribution >= 0.6 is 0 Å². The first-order valence-electron chi connectivity index (χ1n) is 9.15. The van der Waals surface area contributed by atoms with Gasteiger partial charge in [-0.05, 0) is 48.9 Å². The Morgan fingerprint density at radius 1 is 1.08 bits per heavy atom. The molecule has 0 unspecified atom stereocenters. The van der Waals surface area contributed by atoms with E-state index >= 15 is 0 Å². The topological polar surface area (TPSA) is 69.5 Å². The molecule has 2 aromatic rings. The monoisotopic (exact) mass is 352 g/mol. The van der Waals surface area contributed by atoms with Crippen molar-refractivity contribution in [3.8, 4) is 0 Å². The van der Waals surface area contributed by atoms with Crippen molar-refractivity contribution in [3.63, 3.8) is 0 Å². The van der Waals surface area contributed by atoms with Crippen LogP contribution in [0.5, 0.6) is 0 Å². The Morgan fingerprint density at radius 3 is 2.62 bits per heavy atom. The number of hydrogen-bond donors (Lipinski definition) is 3. The van der Waals surface area contributed by atoms with Gasteiger partial charge in [-0.25, -0.2) is 0 Å². The third kappa shape index (κ3) is 3.81. The lowest BCUT2D eigenvalue weighted by Crippen LogP contribution is -2.43. The van der Waals surface area contributed by atoms with Gasteiger partial charge in [-0.2, -0.15) is 0 Å². The van der Waals surface area contributed by atoms with Gasteiger partial charge in [0.2, 0.25) is 0 Å². The van der Waals surface area contributed by atoms with E-state index < -0.39 is 0 Å². The van der Waals surface area contributed by atoms with Crippen LogP contribution in [0.1, 0.15) is 22.5 Å². The first kappa shape index (κ1) is 16.9. The Kier molecular flexibility index (Phi) is 5.04. The first-order chi connectivity index (χ1) is 12.8. The van der Waals surface area contributed by atoms with E-state index in [2.05, 4.69) is 26.9 Å². The molecular weight excluding hydrogens is 328 g/mol. The summed E-state index contributed by atoms with van der Waals surface area (Å²) in [6.07, 6.45) is 4.76. The van der Waals surface area contributed by atoms with E-state index in [4.69, 9.17) is 4.42 Å². The highest BCUT2D eigenvalue weighted by Crippen LogP contribution is 2.23. The van der Waals surface area contributed by atoms with Gasteiger partial charge >= 0.3 is 0 Å². The molecule has 1 fully saturated rings. The van der Waals surface area contributed by atoms with Crippen molar-refractivity contribution in [2.75, 3.05) is 49.5 Å². The summed E-state index contributed by atoms with van der Waals surface area (Å²) >= 11 is 0. The standard InChI is InChI=1S/C20H24N4O2/c25-20(19-13-16(14-26-19)15-5-7-21-8-6-15)23-17-1-3-18(4-2-17)24-11-9-22-10-12-24/h1-5,13-14,21-22H,6-12H2,(H,23,25). The van der Waals surface area contributed by atoms with Crippen molar-refractivity contribution in [2.45, 2.75) is 6.42 Å². The molecule has 3 heterocycles. The Labute approximate surface area is 153 Å². The Hall–Kier alpha value is -2.57. The number of hydrogen-bond acceptors (Lipinski definition) is 5. The van der Waals surface area contributed by atoms with Crippen LogP contribution in [-0.2, 0) is 0 Å². The third-order valence-electron chi connectivity index (χ3n) is 4.87. The fourth-order valence-electron chi connectivity index (χ4n) is 3.38. The molecule has 1 saturated heterocycles. The lowest BCUT2D eigenvalue weighted by atomic mass is 10.0. The van der Waals surface area contributed by atoms with Gasteiger partial charge in [-0.15, -0.1) is 0 Å². The SMILES string of the molecule is O=C(Nc1ccc(N2CCNCC2)cc1)c1cc(C2=CCNCC2)co1. The molecule has 1 aromatic carbocycles. The number of carbonyl (C=O) groups is 1. The molecule has 1 aromatic heterocycles. The predicted octanol–water partition coefficient (Wildman–Crippen LogP) is 2.32. The maximum Gasteiger partial charge on any atom is 0.291 e. The van der Waals surface area contributed by atoms with Crippen LogP contribution in [0.25, 0.3) is 5.57 Å². The summed E-state index contributed by atoms with van der Waals surface area (Å²) in [5.41, 5.74) is 4.17. The second-order valence-electron chi connectivity index (χ2n) is 6.62. The molecule has 2 aliphatic rings. The van der Waals surface area contributed by atoms with Crippen LogP contribution in [-0.4, -0.2) is 45.2 Å². The summed E-state index contributed by atoms with van der Waals surface area (Å²) in [6.45, 7) is 5.84. The number of nitrogens with one attached hydrogen (secondary N) is 3. The molecule has 0 aliphatic carbocycles. The Balaban J connectivity index is 1.40. The van der Waals surface area contributed by atoms with Gasteiger partial charge in [-0.3, -0.25) is 4.79 Å². The predicted molar refractivity (Wildman–Crippen MR) is 104 cm³/mol. The summed E-state index contributed by atoms with van der Waals surface area (Å²) in [5, 5.41) is 9.54. The number of furan rings is 1. The summed E-state index contributed by atoms with van der Waals surface area (Å²) in [7, 11) is 0. The minimum atomic E-state index is -0.222. The number of rotatable bonds is 4. The highest BCUT2D eigenvalue weighted by atomic mass is 16.3. The summed E-state index contributed by atoms with van der Waals surface area (Å²) in [6, 6.07) is 9.80. The van der Waals surface area contributed by atoms with Gasteiger partial charge in [-0.1, -0.05) is 6.08 Å². The molecule has 4 rings (SSSR count). The van der Waals surface area contributed by atoms with E-state index in [1.807, 2.05) is 30.3 Å². The number of piperazine rings is 1. The molecule has 0 saturated carbocycles. The minimum Gasteiger partial charge on any atom is -0.459 e. The third-order valence-corrected chi connectivity index (χ3v) is 4.87. The van der Waals surface area contributed by atoms with Crippen molar-refractivity contribution in [1.82, 2.24) is 10.6 Å². The molecule has 3 N–H and O–H groups in total. The number of anilines is 2. The average molecular weight is 352 g/mol. The zero-order chi connectivity index (χ0) is 17.8. The fraction of sp³-hybridized carbons (Fsp3) is 0.350. The Bertz CT molecular complexity index is 788. The smallest absolute Gasteiger partial charge is 0.291 e. The van der Waals surface area contributed by atoms with Gasteiger partial charge in [0.25, 0.3) is 5.91 Å².